The molecule has 4 heterocycles. The van der Waals surface area contributed by atoms with Gasteiger partial charge in [-0.25, -0.2) is 0 Å². The molecule has 0 radical (unpaired) electrons. The average Bonchev–Trinajstić information content (AvgIpc) is 0.658. The molecule has 0 aromatic heterocycles. The molecule has 6 heteroatoms. The van der Waals surface area contributed by atoms with Gasteiger partial charge >= 0.3 is 0 Å². The normalized spacial score (nSPS) is 15.3. The van der Waals surface area contributed by atoms with Crippen LogP contribution in [0.2, 0.25) is 0 Å². The third-order valence-electron chi connectivity index (χ3n) is 21.7. The number of benzene rings is 15. The Balaban J connectivity index is 1.10. The van der Waals surface area contributed by atoms with E-state index in [1.807, 2.05) is 181 Å². The molecule has 4 nitrogen and oxygen atoms in total. The van der Waals surface area contributed by atoms with Crippen LogP contribution >= 0.6 is 0 Å². The van der Waals surface area contributed by atoms with Crippen LogP contribution in [0.25, 0.3) is 77.9 Å². The van der Waals surface area contributed by atoms with Gasteiger partial charge in [-0.3, -0.25) is 0 Å². The minimum atomic E-state index is -1.60. The monoisotopic (exact) mass is 1400 g/mol. The van der Waals surface area contributed by atoms with Crippen molar-refractivity contribution in [2.24, 2.45) is 0 Å². The lowest BCUT2D eigenvalue weighted by molar-refractivity contribution is 0.491. The van der Waals surface area contributed by atoms with Crippen LogP contribution in [0.4, 0.5) is 51.2 Å². The summed E-state index contributed by atoms with van der Waals surface area (Å²) in [5.41, 5.74) is 10.7. The maximum atomic E-state index is 12.4. The van der Waals surface area contributed by atoms with Gasteiger partial charge in [-0.2, -0.15) is 0 Å². The van der Waals surface area contributed by atoms with Crippen LogP contribution in [0.3, 0.4) is 0 Å². The highest BCUT2D eigenvalue weighted by Gasteiger charge is 2.52. The molecular formula is C102H83B2N3O. The molecule has 0 aliphatic carbocycles. The molecule has 0 fully saturated rings. The van der Waals surface area contributed by atoms with Crippen LogP contribution in [0.15, 0.2) is 339 Å². The Morgan fingerprint density at radius 2 is 0.657 bits per heavy atom. The highest BCUT2D eigenvalue weighted by molar-refractivity contribution is 7.03. The molecule has 0 atom stereocenters. The molecule has 0 bridgehead atoms. The molecule has 19 rings (SSSR count). The molecule has 15 aromatic carbocycles. The van der Waals surface area contributed by atoms with E-state index in [4.69, 9.17) is 4.74 Å². The van der Waals surface area contributed by atoms with E-state index < -0.39 is 120 Å². The Morgan fingerprint density at radius 1 is 0.278 bits per heavy atom. The van der Waals surface area contributed by atoms with E-state index in [0.717, 1.165) is 50.1 Å². The van der Waals surface area contributed by atoms with Gasteiger partial charge in [0.2, 0.25) is 0 Å². The maximum Gasteiger partial charge on any atom is 0.257 e. The van der Waals surface area contributed by atoms with Crippen molar-refractivity contribution in [2.45, 2.75) is 78.6 Å². The number of hydrogen-bond donors (Lipinski definition) is 0. The van der Waals surface area contributed by atoms with Crippen molar-refractivity contribution < 1.29 is 26.7 Å². The lowest BCUT2D eigenvalue weighted by atomic mass is 9.30. The minimum Gasteiger partial charge on any atom is -0.459 e. The van der Waals surface area contributed by atoms with E-state index in [9.17, 15) is 21.9 Å². The average molecular weight is 1400 g/mol. The molecule has 15 aromatic rings. The highest BCUT2D eigenvalue weighted by atomic mass is 16.5. The van der Waals surface area contributed by atoms with Crippen molar-refractivity contribution in [3.05, 3.63) is 356 Å². The predicted octanol–water partition coefficient (Wildman–Crippen LogP) is 23.7. The van der Waals surface area contributed by atoms with Crippen LogP contribution in [-0.4, -0.2) is 13.4 Å². The Kier molecular flexibility index (Phi) is 12.1. The standard InChI is InChI=1S/C102H83B2N3O/c1-100(2,3)76-59-80(69-37-20-12-21-38-69)97(81(60-76)70-39-22-13-23-40-70)106-88-56-53-75(74-46-32-45-73(57-74)67-35-18-11-19-36-67)58-86(88)104-94-89(106)63-78(102(7,8)9)64-90(94)107(98-82(71-41-24-14-25-42-71)61-77(101(4,5)6)62-83(98)72-43-26-15-27-44-72)92-65-91-95-99(96(92)104)108-93-50-31-29-48-85(93)103(95)84-47-28-30-49-87(84)105(91)79-54-51-68(52-55-79)66-33-16-10-17-34-66/h10-65H,1-9H3/i28D,29D,30D,31D,32D,45D,46D,47D,48D,49D,50D,53D,56D,57D,58D,65D. The molecule has 4 aliphatic rings. The molecule has 0 amide bonds. The molecule has 0 saturated carbocycles. The van der Waals surface area contributed by atoms with Crippen LogP contribution in [0, 0.1) is 0 Å². The zero-order chi connectivity index (χ0) is 87.2. The lowest BCUT2D eigenvalue weighted by Crippen LogP contribution is -2.65. The smallest absolute Gasteiger partial charge is 0.257 e. The van der Waals surface area contributed by atoms with Crippen LogP contribution in [0.5, 0.6) is 11.5 Å². The quantitative estimate of drug-likeness (QED) is 0.127. The van der Waals surface area contributed by atoms with Gasteiger partial charge in [0.25, 0.3) is 13.4 Å². The number of para-hydroxylation sites is 2. The second-order valence-electron chi connectivity index (χ2n) is 31.5. The Bertz CT molecular complexity index is 6910. The van der Waals surface area contributed by atoms with E-state index in [-0.39, 0.29) is 84.3 Å². The molecular weight excluding hydrogens is 1300 g/mol. The fraction of sp³-hybridized carbons (Fsp3) is 0.118. The van der Waals surface area contributed by atoms with Crippen LogP contribution in [-0.2, 0) is 16.2 Å². The molecule has 0 saturated heterocycles. The third-order valence-corrected chi connectivity index (χ3v) is 21.7. The van der Waals surface area contributed by atoms with Crippen molar-refractivity contribution in [2.75, 3.05) is 14.7 Å². The van der Waals surface area contributed by atoms with Crippen molar-refractivity contribution in [1.82, 2.24) is 0 Å². The summed E-state index contributed by atoms with van der Waals surface area (Å²) in [7, 11) is 0. The van der Waals surface area contributed by atoms with E-state index in [1.165, 1.54) is 0 Å². The largest absolute Gasteiger partial charge is 0.459 e. The Hall–Kier alpha value is -12.4. The minimum absolute atomic E-state index is 0.00489. The zero-order valence-electron chi connectivity index (χ0n) is 77.5. The van der Waals surface area contributed by atoms with Gasteiger partial charge in [-0.15, -0.1) is 0 Å². The zero-order valence-corrected chi connectivity index (χ0v) is 61.5. The summed E-state index contributed by atoms with van der Waals surface area (Å²) in [5.74, 6) is -0.492. The van der Waals surface area contributed by atoms with Crippen molar-refractivity contribution in [1.29, 1.82) is 0 Å². The Labute approximate surface area is 659 Å². The fourth-order valence-corrected chi connectivity index (χ4v) is 16.2. The van der Waals surface area contributed by atoms with Gasteiger partial charge in [0.05, 0.1) is 33.3 Å². The van der Waals surface area contributed by atoms with E-state index in [1.54, 1.807) is 35.2 Å². The summed E-state index contributed by atoms with van der Waals surface area (Å²) in [6.07, 6.45) is 0. The van der Waals surface area contributed by atoms with Gasteiger partial charge in [0.15, 0.2) is 0 Å². The molecule has 0 unspecified atom stereocenters. The van der Waals surface area contributed by atoms with E-state index >= 15 is 0 Å². The molecule has 4 aliphatic heterocycles. The predicted molar refractivity (Wildman–Crippen MR) is 460 cm³/mol. The van der Waals surface area contributed by atoms with Crippen molar-refractivity contribution >= 4 is 97.4 Å². The molecule has 0 N–H and O–H groups in total. The number of fused-ring (bicyclic) bond motifs is 9. The summed E-state index contributed by atoms with van der Waals surface area (Å²) in [5, 5.41) is 0. The SMILES string of the molecule is [2H]c1c([2H])c([2H])c2c(c1[2H])Oc1c3c(c([2H])c4c1B1c5c(cc(C(C)(C)C)cc5N4c4c(-c5ccccc5)cc(C(C)(C)C)cc4-c4ccccc4)N(c4c(-c5ccccc5)cc(C(C)(C)C)cc4-c4ccccc4)c4c([2H])c([2H])c(-c5c([2H])c([2H])c([2H])c(-c6ccccc6)c5[2H])c([2H])c41)N(c1ccc(-c4ccccc4)cc1)c1c([2H])c([2H])c([2H])c([2H])c1B23. The molecule has 518 valence electrons. The van der Waals surface area contributed by atoms with Crippen LogP contribution in [0.1, 0.15) is 101 Å². The summed E-state index contributed by atoms with van der Waals surface area (Å²) in [4.78, 5) is 5.81. The fourth-order valence-electron chi connectivity index (χ4n) is 16.2. The van der Waals surface area contributed by atoms with E-state index in [2.05, 4.69) is 104 Å². The van der Waals surface area contributed by atoms with E-state index in [0.29, 0.717) is 61.7 Å². The first kappa shape index (κ1) is 51.0. The number of ether oxygens (including phenoxy) is 1. The molecule has 0 spiro atoms. The van der Waals surface area contributed by atoms with Gasteiger partial charge in [0.1, 0.15) is 11.5 Å². The summed E-state index contributed by atoms with van der Waals surface area (Å²) in [6, 6.07) is 70.1. The maximum absolute atomic E-state index is 12.4. The van der Waals surface area contributed by atoms with Crippen LogP contribution < -0.4 is 52.2 Å². The first-order chi connectivity index (χ1) is 59.2. The number of nitrogens with zero attached hydrogens (tertiary/aromatic N) is 3. The highest BCUT2D eigenvalue weighted by Crippen LogP contribution is 2.57. The van der Waals surface area contributed by atoms with Crippen molar-refractivity contribution in [3.8, 4) is 89.4 Å². The second kappa shape index (κ2) is 25.7. The summed E-state index contributed by atoms with van der Waals surface area (Å²) < 4.78 is 175. The number of rotatable bonds is 10. The first-order valence-electron chi connectivity index (χ1n) is 44.9. The summed E-state index contributed by atoms with van der Waals surface area (Å²) >= 11 is 0. The summed E-state index contributed by atoms with van der Waals surface area (Å²) in [6.45, 7) is 16.2. The molecule has 108 heavy (non-hydrogen) atoms. The van der Waals surface area contributed by atoms with Crippen molar-refractivity contribution in [3.63, 3.8) is 0 Å². The van der Waals surface area contributed by atoms with Gasteiger partial charge in [-0.05, 0) is 200 Å². The number of hydrogen-bond acceptors (Lipinski definition) is 4. The Morgan fingerprint density at radius 3 is 1.15 bits per heavy atom. The first-order valence-corrected chi connectivity index (χ1v) is 36.9. The van der Waals surface area contributed by atoms with Gasteiger partial charge in [-0.1, -0.05) is 323 Å². The van der Waals surface area contributed by atoms with Gasteiger partial charge in [0, 0.05) is 62.1 Å². The third kappa shape index (κ3) is 11.1. The topological polar surface area (TPSA) is 19.0 Å². The number of anilines is 9. The lowest BCUT2D eigenvalue weighted by Gasteiger charge is -2.49. The second-order valence-corrected chi connectivity index (χ2v) is 31.5. The van der Waals surface area contributed by atoms with Gasteiger partial charge < -0.3 is 19.4 Å².